The summed E-state index contributed by atoms with van der Waals surface area (Å²) in [4.78, 5) is 12.7. The monoisotopic (exact) mass is 600 g/mol. The van der Waals surface area contributed by atoms with Gasteiger partial charge in [0.2, 0.25) is 0 Å². The number of hydrogen-bond donors (Lipinski definition) is 0. The van der Waals surface area contributed by atoms with Crippen LogP contribution in [0.5, 0.6) is 11.5 Å². The molecule has 0 bridgehead atoms. The van der Waals surface area contributed by atoms with Crippen molar-refractivity contribution in [2.24, 2.45) is 0 Å². The van der Waals surface area contributed by atoms with E-state index in [9.17, 15) is 4.79 Å². The molecule has 0 heterocycles. The van der Waals surface area contributed by atoms with Crippen LogP contribution >= 0.6 is 0 Å². The highest BCUT2D eigenvalue weighted by molar-refractivity contribution is 5.91. The van der Waals surface area contributed by atoms with Crippen LogP contribution in [0.3, 0.4) is 0 Å². The van der Waals surface area contributed by atoms with Crippen LogP contribution in [0.25, 0.3) is 11.1 Å². The van der Waals surface area contributed by atoms with E-state index in [1.54, 1.807) is 12.1 Å². The van der Waals surface area contributed by atoms with E-state index in [0.29, 0.717) is 17.9 Å². The number of unbranched alkanes of at least 4 members (excludes halogenated alkanes) is 13. The van der Waals surface area contributed by atoms with Gasteiger partial charge in [0.15, 0.2) is 0 Å². The van der Waals surface area contributed by atoms with Crippen molar-refractivity contribution in [2.45, 2.75) is 123 Å². The quantitative estimate of drug-likeness (QED) is 0.0617. The average Bonchev–Trinajstić information content (AvgIpc) is 3.05. The Morgan fingerprint density at radius 2 is 1.02 bits per heavy atom. The molecule has 0 saturated carbocycles. The lowest BCUT2D eigenvalue weighted by molar-refractivity contribution is 0.0637. The molecule has 0 aromatic heterocycles. The molecular weight excluding hydrogens is 544 g/mol. The summed E-state index contributed by atoms with van der Waals surface area (Å²) in [6.07, 6.45) is 19.7. The van der Waals surface area contributed by atoms with E-state index in [1.165, 1.54) is 82.6 Å². The van der Waals surface area contributed by atoms with Gasteiger partial charge in [0.1, 0.15) is 11.5 Å². The fraction of sp³-hybridized carbons (Fsp3) is 0.525. The van der Waals surface area contributed by atoms with Gasteiger partial charge < -0.3 is 14.2 Å². The minimum absolute atomic E-state index is 0.0853. The third kappa shape index (κ3) is 13.7. The highest BCUT2D eigenvalue weighted by Crippen LogP contribution is 2.26. The Morgan fingerprint density at radius 3 is 1.57 bits per heavy atom. The lowest BCUT2D eigenvalue weighted by Crippen LogP contribution is -2.08. The van der Waals surface area contributed by atoms with Gasteiger partial charge in [-0.15, -0.1) is 0 Å². The Hall–Kier alpha value is -3.11. The first-order valence-corrected chi connectivity index (χ1v) is 17.4. The third-order valence-corrected chi connectivity index (χ3v) is 8.25. The van der Waals surface area contributed by atoms with Gasteiger partial charge in [0, 0.05) is 6.61 Å². The molecule has 4 nitrogen and oxygen atoms in total. The smallest absolute Gasteiger partial charge is 0.343 e. The lowest BCUT2D eigenvalue weighted by Gasteiger charge is -2.14. The van der Waals surface area contributed by atoms with Crippen LogP contribution in [0.2, 0.25) is 0 Å². The minimum Gasteiger partial charge on any atom is -0.494 e. The second-order valence-electron chi connectivity index (χ2n) is 12.0. The maximum Gasteiger partial charge on any atom is 0.343 e. The summed E-state index contributed by atoms with van der Waals surface area (Å²) in [6, 6.07) is 23.3. The van der Waals surface area contributed by atoms with Gasteiger partial charge in [0.05, 0.1) is 18.3 Å². The molecule has 0 radical (unpaired) electrons. The second kappa shape index (κ2) is 21.6. The lowest BCUT2D eigenvalue weighted by atomic mass is 10.0. The highest BCUT2D eigenvalue weighted by atomic mass is 16.5. The van der Waals surface area contributed by atoms with E-state index in [4.69, 9.17) is 14.2 Å². The summed E-state index contributed by atoms with van der Waals surface area (Å²) >= 11 is 0. The van der Waals surface area contributed by atoms with E-state index in [0.717, 1.165) is 42.7 Å². The average molecular weight is 601 g/mol. The van der Waals surface area contributed by atoms with Crippen molar-refractivity contribution >= 4 is 5.97 Å². The Balaban J connectivity index is 1.29. The van der Waals surface area contributed by atoms with Gasteiger partial charge in [-0.25, -0.2) is 4.79 Å². The molecule has 1 unspecified atom stereocenters. The molecule has 0 spiro atoms. The van der Waals surface area contributed by atoms with E-state index in [2.05, 4.69) is 45.0 Å². The van der Waals surface area contributed by atoms with Crippen molar-refractivity contribution in [1.29, 1.82) is 0 Å². The summed E-state index contributed by atoms with van der Waals surface area (Å²) in [5, 5.41) is 0. The van der Waals surface area contributed by atoms with Crippen LogP contribution in [0.4, 0.5) is 0 Å². The van der Waals surface area contributed by atoms with E-state index in [-0.39, 0.29) is 12.1 Å². The fourth-order valence-electron chi connectivity index (χ4n) is 5.33. The molecule has 0 saturated heterocycles. The molecule has 44 heavy (non-hydrogen) atoms. The number of hydrogen-bond acceptors (Lipinski definition) is 4. The molecule has 3 aromatic carbocycles. The SMILES string of the molecule is CCCCCCCCCCCCCCCOc1ccc(C(=O)Oc2ccc(-c3ccc(C(C)OCCCC)cc3)cc2)cc1. The predicted molar refractivity (Wildman–Crippen MR) is 184 cm³/mol. The molecule has 240 valence electrons. The molecule has 3 aromatic rings. The van der Waals surface area contributed by atoms with Crippen molar-refractivity contribution in [3.8, 4) is 22.6 Å². The molecule has 0 aliphatic rings. The summed E-state index contributed by atoms with van der Waals surface area (Å²) in [7, 11) is 0. The molecule has 3 rings (SSSR count). The van der Waals surface area contributed by atoms with Crippen LogP contribution < -0.4 is 9.47 Å². The standard InChI is InChI=1S/C40H56O4/c1-4-6-8-9-10-11-12-13-14-15-16-17-18-32-43-38-27-25-37(26-28-38)40(41)44-39-29-23-36(24-30-39)35-21-19-34(20-22-35)33(3)42-31-7-5-2/h19-30,33H,4-18,31-32H2,1-3H3. The Bertz CT molecular complexity index is 1150. The molecular formula is C40H56O4. The molecule has 0 amide bonds. The summed E-state index contributed by atoms with van der Waals surface area (Å²) in [6.45, 7) is 8.04. The third-order valence-electron chi connectivity index (χ3n) is 8.25. The van der Waals surface area contributed by atoms with E-state index in [1.807, 2.05) is 36.4 Å². The van der Waals surface area contributed by atoms with Crippen LogP contribution in [0, 0.1) is 0 Å². The number of ether oxygens (including phenoxy) is 3. The predicted octanol–water partition coefficient (Wildman–Crippen LogP) is 11.9. The fourth-order valence-corrected chi connectivity index (χ4v) is 5.33. The number of carbonyl (C=O) groups excluding carboxylic acids is 1. The number of carbonyl (C=O) groups is 1. The summed E-state index contributed by atoms with van der Waals surface area (Å²) < 4.78 is 17.4. The Kier molecular flexibility index (Phi) is 17.3. The van der Waals surface area contributed by atoms with Gasteiger partial charge in [-0.3, -0.25) is 0 Å². The molecule has 0 N–H and O–H groups in total. The number of benzene rings is 3. The Morgan fingerprint density at radius 1 is 0.545 bits per heavy atom. The first-order valence-electron chi connectivity index (χ1n) is 17.4. The minimum atomic E-state index is -0.373. The molecule has 1 atom stereocenters. The van der Waals surface area contributed by atoms with E-state index < -0.39 is 0 Å². The Labute approximate surface area is 267 Å². The van der Waals surface area contributed by atoms with Crippen molar-refractivity contribution < 1.29 is 19.0 Å². The van der Waals surface area contributed by atoms with Gasteiger partial charge in [0.25, 0.3) is 0 Å². The maximum atomic E-state index is 12.7. The zero-order chi connectivity index (χ0) is 31.2. The van der Waals surface area contributed by atoms with E-state index >= 15 is 0 Å². The molecule has 0 aliphatic carbocycles. The molecule has 0 aliphatic heterocycles. The van der Waals surface area contributed by atoms with Gasteiger partial charge in [-0.1, -0.05) is 134 Å². The maximum absolute atomic E-state index is 12.7. The van der Waals surface area contributed by atoms with Gasteiger partial charge in [-0.05, 0) is 72.9 Å². The zero-order valence-electron chi connectivity index (χ0n) is 27.7. The topological polar surface area (TPSA) is 44.8 Å². The zero-order valence-corrected chi connectivity index (χ0v) is 27.7. The van der Waals surface area contributed by atoms with Crippen molar-refractivity contribution in [2.75, 3.05) is 13.2 Å². The van der Waals surface area contributed by atoms with Crippen LogP contribution in [0.15, 0.2) is 72.8 Å². The normalized spacial score (nSPS) is 11.8. The van der Waals surface area contributed by atoms with Gasteiger partial charge in [-0.2, -0.15) is 0 Å². The van der Waals surface area contributed by atoms with Crippen molar-refractivity contribution in [3.63, 3.8) is 0 Å². The number of esters is 1. The van der Waals surface area contributed by atoms with Crippen molar-refractivity contribution in [1.82, 2.24) is 0 Å². The van der Waals surface area contributed by atoms with Crippen LogP contribution in [0.1, 0.15) is 139 Å². The van der Waals surface area contributed by atoms with Crippen LogP contribution in [-0.4, -0.2) is 19.2 Å². The largest absolute Gasteiger partial charge is 0.494 e. The molecule has 0 fully saturated rings. The van der Waals surface area contributed by atoms with Crippen LogP contribution in [-0.2, 0) is 4.74 Å². The molecule has 4 heteroatoms. The second-order valence-corrected chi connectivity index (χ2v) is 12.0. The van der Waals surface area contributed by atoms with Gasteiger partial charge >= 0.3 is 5.97 Å². The van der Waals surface area contributed by atoms with Crippen molar-refractivity contribution in [3.05, 3.63) is 83.9 Å². The first kappa shape index (κ1) is 35.4. The first-order chi connectivity index (χ1) is 21.6. The highest BCUT2D eigenvalue weighted by Gasteiger charge is 2.10. The number of rotatable bonds is 23. The summed E-state index contributed by atoms with van der Waals surface area (Å²) in [5.74, 6) is 0.941. The summed E-state index contributed by atoms with van der Waals surface area (Å²) in [5.41, 5.74) is 3.86.